The van der Waals surface area contributed by atoms with Crippen LogP contribution in [-0.4, -0.2) is 25.2 Å². The van der Waals surface area contributed by atoms with Crippen molar-refractivity contribution in [3.05, 3.63) is 0 Å². The topological polar surface area (TPSA) is 52.6 Å². The lowest BCUT2D eigenvalue weighted by Gasteiger charge is -2.29. The first-order chi connectivity index (χ1) is 14.2. The number of esters is 2. The number of carbonyl (C=O) groups is 2. The van der Waals surface area contributed by atoms with E-state index in [9.17, 15) is 9.59 Å². The van der Waals surface area contributed by atoms with E-state index < -0.39 is 0 Å². The van der Waals surface area contributed by atoms with Gasteiger partial charge in [-0.2, -0.15) is 0 Å². The first kappa shape index (κ1) is 24.2. The predicted octanol–water partition coefficient (Wildman–Crippen LogP) is 6.60. The van der Waals surface area contributed by atoms with Gasteiger partial charge in [0.2, 0.25) is 0 Å². The minimum Gasteiger partial charge on any atom is -0.465 e. The molecule has 4 heteroatoms. The predicted molar refractivity (Wildman–Crippen MR) is 117 cm³/mol. The van der Waals surface area contributed by atoms with Gasteiger partial charge < -0.3 is 9.47 Å². The van der Waals surface area contributed by atoms with Gasteiger partial charge in [0.1, 0.15) is 0 Å². The summed E-state index contributed by atoms with van der Waals surface area (Å²) in [5, 5.41) is 0. The Morgan fingerprint density at radius 1 is 0.655 bits per heavy atom. The summed E-state index contributed by atoms with van der Waals surface area (Å²) in [6.07, 6.45) is 19.5. The molecule has 0 amide bonds. The molecular weight excluding hydrogens is 364 g/mol. The van der Waals surface area contributed by atoms with Crippen LogP contribution in [0.4, 0.5) is 0 Å². The minimum absolute atomic E-state index is 0.163. The second-order valence-electron chi connectivity index (χ2n) is 9.27. The number of hydrogen-bond donors (Lipinski definition) is 0. The van der Waals surface area contributed by atoms with Gasteiger partial charge in [-0.25, -0.2) is 0 Å². The molecule has 29 heavy (non-hydrogen) atoms. The quantitative estimate of drug-likeness (QED) is 0.254. The first-order valence-corrected chi connectivity index (χ1v) is 12.6. The number of carbonyl (C=O) groups excluding carboxylic acids is 2. The Balaban J connectivity index is 1.62. The highest BCUT2D eigenvalue weighted by Gasteiger charge is 2.38. The van der Waals surface area contributed by atoms with E-state index in [0.717, 1.165) is 38.5 Å². The summed E-state index contributed by atoms with van der Waals surface area (Å²) in [7, 11) is 0. The normalized spacial score (nSPS) is 22.9. The van der Waals surface area contributed by atoms with Crippen LogP contribution in [0, 0.1) is 17.8 Å². The fraction of sp³-hybridized carbons (Fsp3) is 0.920. The minimum atomic E-state index is -0.295. The molecule has 2 unspecified atom stereocenters. The monoisotopic (exact) mass is 408 g/mol. The van der Waals surface area contributed by atoms with E-state index in [4.69, 9.17) is 9.47 Å². The Labute approximate surface area is 178 Å². The van der Waals surface area contributed by atoms with Gasteiger partial charge in [-0.3, -0.25) is 9.59 Å². The molecule has 2 aliphatic carbocycles. The van der Waals surface area contributed by atoms with Crippen LogP contribution in [0.2, 0.25) is 0 Å². The van der Waals surface area contributed by atoms with Gasteiger partial charge in [0.05, 0.1) is 25.0 Å². The molecule has 2 rings (SSSR count). The number of unbranched alkanes of at least 4 members (excludes halogenated alkanes) is 7. The summed E-state index contributed by atoms with van der Waals surface area (Å²) in [6.45, 7) is 3.27. The van der Waals surface area contributed by atoms with Crippen LogP contribution in [0.1, 0.15) is 116 Å². The summed E-state index contributed by atoms with van der Waals surface area (Å²) in [6, 6.07) is 0. The van der Waals surface area contributed by atoms with Crippen molar-refractivity contribution in [2.24, 2.45) is 17.8 Å². The van der Waals surface area contributed by atoms with E-state index in [1.54, 1.807) is 0 Å². The highest BCUT2D eigenvalue weighted by atomic mass is 16.5. The van der Waals surface area contributed by atoms with Crippen molar-refractivity contribution in [1.29, 1.82) is 0 Å². The molecule has 168 valence electrons. The molecule has 0 bridgehead atoms. The zero-order chi connectivity index (χ0) is 20.7. The second kappa shape index (κ2) is 14.8. The average Bonchev–Trinajstić information content (AvgIpc) is 2.77. The highest BCUT2D eigenvalue weighted by Crippen LogP contribution is 2.33. The van der Waals surface area contributed by atoms with Crippen molar-refractivity contribution in [1.82, 2.24) is 0 Å². The molecule has 0 aliphatic heterocycles. The molecule has 2 aliphatic rings. The maximum Gasteiger partial charge on any atom is 0.309 e. The van der Waals surface area contributed by atoms with Crippen LogP contribution in [0.3, 0.4) is 0 Å². The molecule has 4 nitrogen and oxygen atoms in total. The summed E-state index contributed by atoms with van der Waals surface area (Å²) in [5.41, 5.74) is 0. The lowest BCUT2D eigenvalue weighted by Crippen LogP contribution is -2.35. The molecule has 0 aromatic carbocycles. The summed E-state index contributed by atoms with van der Waals surface area (Å²) >= 11 is 0. The standard InChI is InChI=1S/C25H44O4/c1-2-3-4-5-6-7-8-14-19-28-24(26)22-17-12-13-18-23(22)25(27)29-20-21-15-10-9-11-16-21/h21-23H,2-20H2,1H3. The van der Waals surface area contributed by atoms with E-state index in [0.29, 0.717) is 19.1 Å². The SMILES string of the molecule is CCCCCCCCCCOC(=O)C1CCCCC1C(=O)OCC1CCCCC1. The van der Waals surface area contributed by atoms with Gasteiger partial charge >= 0.3 is 11.9 Å². The maximum atomic E-state index is 12.6. The largest absolute Gasteiger partial charge is 0.465 e. The lowest BCUT2D eigenvalue weighted by molar-refractivity contribution is -0.163. The van der Waals surface area contributed by atoms with Crippen molar-refractivity contribution in [3.63, 3.8) is 0 Å². The third kappa shape index (κ3) is 9.53. The van der Waals surface area contributed by atoms with Crippen LogP contribution in [0.5, 0.6) is 0 Å². The molecule has 2 atom stereocenters. The second-order valence-corrected chi connectivity index (χ2v) is 9.27. The van der Waals surface area contributed by atoms with Gasteiger partial charge in [0, 0.05) is 0 Å². The molecule has 0 heterocycles. The van der Waals surface area contributed by atoms with E-state index in [2.05, 4.69) is 6.92 Å². The number of rotatable bonds is 13. The molecule has 2 fully saturated rings. The molecule has 0 aromatic heterocycles. The Morgan fingerprint density at radius 3 is 1.79 bits per heavy atom. The molecule has 0 aromatic rings. The molecule has 0 N–H and O–H groups in total. The van der Waals surface area contributed by atoms with Gasteiger partial charge in [-0.1, -0.05) is 84.0 Å². The van der Waals surface area contributed by atoms with Gasteiger partial charge in [0.15, 0.2) is 0 Å². The van der Waals surface area contributed by atoms with Gasteiger partial charge in [-0.05, 0) is 38.0 Å². The average molecular weight is 409 g/mol. The molecule has 0 saturated heterocycles. The third-order valence-corrected chi connectivity index (χ3v) is 6.80. The van der Waals surface area contributed by atoms with Crippen molar-refractivity contribution in [2.45, 2.75) is 116 Å². The molecule has 2 saturated carbocycles. The van der Waals surface area contributed by atoms with E-state index in [1.807, 2.05) is 0 Å². The Bertz CT molecular complexity index is 456. The van der Waals surface area contributed by atoms with Gasteiger partial charge in [0.25, 0.3) is 0 Å². The summed E-state index contributed by atoms with van der Waals surface area (Å²) in [4.78, 5) is 25.2. The highest BCUT2D eigenvalue weighted by molar-refractivity contribution is 5.82. The van der Waals surface area contributed by atoms with Crippen LogP contribution in [0.15, 0.2) is 0 Å². The summed E-state index contributed by atoms with van der Waals surface area (Å²) < 4.78 is 11.2. The third-order valence-electron chi connectivity index (χ3n) is 6.80. The first-order valence-electron chi connectivity index (χ1n) is 12.6. The van der Waals surface area contributed by atoms with Crippen molar-refractivity contribution in [3.8, 4) is 0 Å². The van der Waals surface area contributed by atoms with E-state index in [-0.39, 0.29) is 23.8 Å². The van der Waals surface area contributed by atoms with Crippen molar-refractivity contribution >= 4 is 11.9 Å². The zero-order valence-electron chi connectivity index (χ0n) is 18.8. The lowest BCUT2D eigenvalue weighted by atomic mass is 9.79. The fourth-order valence-electron chi connectivity index (χ4n) is 4.87. The van der Waals surface area contributed by atoms with E-state index in [1.165, 1.54) is 70.6 Å². The molecular formula is C25H44O4. The smallest absolute Gasteiger partial charge is 0.309 e. The van der Waals surface area contributed by atoms with Crippen LogP contribution < -0.4 is 0 Å². The van der Waals surface area contributed by atoms with Crippen LogP contribution in [0.25, 0.3) is 0 Å². The Morgan fingerprint density at radius 2 is 1.17 bits per heavy atom. The van der Waals surface area contributed by atoms with Crippen molar-refractivity contribution in [2.75, 3.05) is 13.2 Å². The Kier molecular flexibility index (Phi) is 12.4. The van der Waals surface area contributed by atoms with Crippen LogP contribution in [-0.2, 0) is 19.1 Å². The van der Waals surface area contributed by atoms with Gasteiger partial charge in [-0.15, -0.1) is 0 Å². The fourth-order valence-corrected chi connectivity index (χ4v) is 4.87. The van der Waals surface area contributed by atoms with Crippen molar-refractivity contribution < 1.29 is 19.1 Å². The summed E-state index contributed by atoms with van der Waals surface area (Å²) in [5.74, 6) is -0.407. The maximum absolute atomic E-state index is 12.6. The Hall–Kier alpha value is -1.06. The molecule has 0 radical (unpaired) electrons. The number of hydrogen-bond acceptors (Lipinski definition) is 4. The number of ether oxygens (including phenoxy) is 2. The van der Waals surface area contributed by atoms with E-state index >= 15 is 0 Å². The van der Waals surface area contributed by atoms with Crippen LogP contribution >= 0.6 is 0 Å². The zero-order valence-corrected chi connectivity index (χ0v) is 18.8. The molecule has 0 spiro atoms.